The van der Waals surface area contributed by atoms with Gasteiger partial charge in [-0.2, -0.15) is 0 Å². The highest BCUT2D eigenvalue weighted by Gasteiger charge is 2.28. The summed E-state index contributed by atoms with van der Waals surface area (Å²) in [7, 11) is 0. The molecular weight excluding hydrogens is 364 g/mol. The number of hydrogen-bond donors (Lipinski definition) is 1. The van der Waals surface area contributed by atoms with Gasteiger partial charge < -0.3 is 15.0 Å². The van der Waals surface area contributed by atoms with Gasteiger partial charge in [0.1, 0.15) is 11.8 Å². The van der Waals surface area contributed by atoms with Crippen molar-refractivity contribution in [3.63, 3.8) is 0 Å². The van der Waals surface area contributed by atoms with Gasteiger partial charge in [0.2, 0.25) is 5.91 Å². The second-order valence-electron chi connectivity index (χ2n) is 6.07. The average molecular weight is 389 g/mol. The molecular formula is C21H25ClN2O3. The van der Waals surface area contributed by atoms with E-state index in [9.17, 15) is 9.59 Å². The lowest BCUT2D eigenvalue weighted by Crippen LogP contribution is -2.50. The van der Waals surface area contributed by atoms with E-state index in [1.165, 1.54) is 0 Å². The third-order valence-electron chi connectivity index (χ3n) is 4.09. The van der Waals surface area contributed by atoms with Gasteiger partial charge in [0, 0.05) is 18.1 Å². The molecule has 1 atom stereocenters. The zero-order valence-electron chi connectivity index (χ0n) is 15.7. The van der Waals surface area contributed by atoms with Crippen molar-refractivity contribution in [3.05, 3.63) is 65.2 Å². The normalized spacial score (nSPS) is 11.5. The number of carbonyl (C=O) groups is 2. The lowest BCUT2D eigenvalue weighted by Gasteiger charge is -2.30. The van der Waals surface area contributed by atoms with Gasteiger partial charge in [-0.15, -0.1) is 0 Å². The van der Waals surface area contributed by atoms with E-state index in [0.29, 0.717) is 30.3 Å². The number of carbonyl (C=O) groups excluding carboxylic acids is 2. The fourth-order valence-corrected chi connectivity index (χ4v) is 2.96. The molecule has 144 valence electrons. The third kappa shape index (κ3) is 6.29. The van der Waals surface area contributed by atoms with Crippen LogP contribution in [-0.2, 0) is 16.1 Å². The molecule has 0 aliphatic heterocycles. The highest BCUT2D eigenvalue weighted by Crippen LogP contribution is 2.18. The predicted octanol–water partition coefficient (Wildman–Crippen LogP) is 3.66. The van der Waals surface area contributed by atoms with Crippen LogP contribution in [0.4, 0.5) is 0 Å². The SMILES string of the molecule is CCNC(=O)[C@H](CC)N(Cc1ccccc1)C(=O)COc1cccc(Cl)c1. The van der Waals surface area contributed by atoms with E-state index >= 15 is 0 Å². The van der Waals surface area contributed by atoms with Gasteiger partial charge in [-0.3, -0.25) is 9.59 Å². The number of hydrogen-bond acceptors (Lipinski definition) is 3. The quantitative estimate of drug-likeness (QED) is 0.713. The zero-order valence-corrected chi connectivity index (χ0v) is 16.4. The number of benzene rings is 2. The Kier molecular flexibility index (Phi) is 8.14. The number of nitrogens with one attached hydrogen (secondary N) is 1. The molecule has 5 nitrogen and oxygen atoms in total. The number of rotatable bonds is 9. The van der Waals surface area contributed by atoms with E-state index in [0.717, 1.165) is 5.56 Å². The molecule has 0 bridgehead atoms. The van der Waals surface area contributed by atoms with Crippen LogP contribution in [0.15, 0.2) is 54.6 Å². The topological polar surface area (TPSA) is 58.6 Å². The van der Waals surface area contributed by atoms with Crippen LogP contribution >= 0.6 is 11.6 Å². The molecule has 0 fully saturated rings. The molecule has 0 aliphatic carbocycles. The van der Waals surface area contributed by atoms with Gasteiger partial charge in [0.25, 0.3) is 5.91 Å². The molecule has 2 aromatic carbocycles. The van der Waals surface area contributed by atoms with Crippen LogP contribution in [0, 0.1) is 0 Å². The van der Waals surface area contributed by atoms with Crippen LogP contribution in [0.1, 0.15) is 25.8 Å². The van der Waals surface area contributed by atoms with Crippen molar-refractivity contribution >= 4 is 23.4 Å². The Bertz CT molecular complexity index is 752. The van der Waals surface area contributed by atoms with E-state index in [4.69, 9.17) is 16.3 Å². The van der Waals surface area contributed by atoms with Crippen LogP contribution in [-0.4, -0.2) is 35.9 Å². The van der Waals surface area contributed by atoms with Crippen molar-refractivity contribution < 1.29 is 14.3 Å². The highest BCUT2D eigenvalue weighted by atomic mass is 35.5. The number of ether oxygens (including phenoxy) is 1. The van der Waals surface area contributed by atoms with Crippen molar-refractivity contribution in [2.24, 2.45) is 0 Å². The molecule has 2 amide bonds. The Morgan fingerprint density at radius 3 is 2.48 bits per heavy atom. The number of halogens is 1. The maximum absolute atomic E-state index is 12.9. The second kappa shape index (κ2) is 10.6. The molecule has 0 heterocycles. The number of likely N-dealkylation sites (N-methyl/N-ethyl adjacent to an activating group) is 1. The van der Waals surface area contributed by atoms with Gasteiger partial charge in [-0.25, -0.2) is 0 Å². The summed E-state index contributed by atoms with van der Waals surface area (Å²) in [6, 6.07) is 15.9. The van der Waals surface area contributed by atoms with Crippen molar-refractivity contribution in [2.45, 2.75) is 32.9 Å². The van der Waals surface area contributed by atoms with E-state index in [-0.39, 0.29) is 18.4 Å². The maximum Gasteiger partial charge on any atom is 0.261 e. The fourth-order valence-electron chi connectivity index (χ4n) is 2.78. The van der Waals surface area contributed by atoms with Gasteiger partial charge in [0.05, 0.1) is 0 Å². The van der Waals surface area contributed by atoms with Crippen molar-refractivity contribution in [1.82, 2.24) is 10.2 Å². The van der Waals surface area contributed by atoms with Crippen LogP contribution in [0.25, 0.3) is 0 Å². The molecule has 1 N–H and O–H groups in total. The molecule has 0 aliphatic rings. The monoisotopic (exact) mass is 388 g/mol. The first kappa shape index (κ1) is 20.8. The molecule has 0 saturated heterocycles. The summed E-state index contributed by atoms with van der Waals surface area (Å²) < 4.78 is 5.59. The first-order valence-corrected chi connectivity index (χ1v) is 9.42. The second-order valence-corrected chi connectivity index (χ2v) is 6.51. The molecule has 0 saturated carbocycles. The molecule has 0 radical (unpaired) electrons. The molecule has 27 heavy (non-hydrogen) atoms. The molecule has 2 rings (SSSR count). The lowest BCUT2D eigenvalue weighted by atomic mass is 10.1. The Labute approximate surface area is 165 Å². The minimum Gasteiger partial charge on any atom is -0.484 e. The summed E-state index contributed by atoms with van der Waals surface area (Å²) in [6.07, 6.45) is 0.515. The average Bonchev–Trinajstić information content (AvgIpc) is 2.67. The van der Waals surface area contributed by atoms with Crippen LogP contribution < -0.4 is 10.1 Å². The van der Waals surface area contributed by atoms with Crippen LogP contribution in [0.5, 0.6) is 5.75 Å². The Balaban J connectivity index is 2.16. The summed E-state index contributed by atoms with van der Waals surface area (Å²) in [5, 5.41) is 3.34. The third-order valence-corrected chi connectivity index (χ3v) is 4.33. The maximum atomic E-state index is 12.9. The summed E-state index contributed by atoms with van der Waals surface area (Å²) in [5.41, 5.74) is 0.955. The van der Waals surface area contributed by atoms with Crippen molar-refractivity contribution in [2.75, 3.05) is 13.2 Å². The van der Waals surface area contributed by atoms with Gasteiger partial charge in [-0.05, 0) is 37.1 Å². The minimum absolute atomic E-state index is 0.160. The summed E-state index contributed by atoms with van der Waals surface area (Å²) in [4.78, 5) is 26.9. The van der Waals surface area contributed by atoms with Crippen LogP contribution in [0.2, 0.25) is 5.02 Å². The van der Waals surface area contributed by atoms with Crippen molar-refractivity contribution in [3.8, 4) is 5.75 Å². The highest BCUT2D eigenvalue weighted by molar-refractivity contribution is 6.30. The summed E-state index contributed by atoms with van der Waals surface area (Å²) >= 11 is 5.95. The first-order chi connectivity index (χ1) is 13.0. The van der Waals surface area contributed by atoms with Gasteiger partial charge >= 0.3 is 0 Å². The first-order valence-electron chi connectivity index (χ1n) is 9.04. The van der Waals surface area contributed by atoms with Gasteiger partial charge in [0.15, 0.2) is 6.61 Å². The number of nitrogens with zero attached hydrogens (tertiary/aromatic N) is 1. The standard InChI is InChI=1S/C21H25ClN2O3/c1-3-19(21(26)23-4-2)24(14-16-9-6-5-7-10-16)20(25)15-27-18-12-8-11-17(22)13-18/h5-13,19H,3-4,14-15H2,1-2H3,(H,23,26)/t19-/m0/s1. The molecule has 6 heteroatoms. The van der Waals surface area contributed by atoms with Gasteiger partial charge in [-0.1, -0.05) is 54.9 Å². The lowest BCUT2D eigenvalue weighted by molar-refractivity contribution is -0.142. The zero-order chi connectivity index (χ0) is 19.6. The Hall–Kier alpha value is -2.53. The molecule has 0 aromatic heterocycles. The van der Waals surface area contributed by atoms with E-state index in [1.807, 2.05) is 44.2 Å². The van der Waals surface area contributed by atoms with E-state index < -0.39 is 6.04 Å². The van der Waals surface area contributed by atoms with E-state index in [1.54, 1.807) is 29.2 Å². The molecule has 2 aromatic rings. The Morgan fingerprint density at radius 2 is 1.85 bits per heavy atom. The number of amides is 2. The predicted molar refractivity (Wildman–Crippen MR) is 107 cm³/mol. The molecule has 0 spiro atoms. The van der Waals surface area contributed by atoms with Crippen LogP contribution in [0.3, 0.4) is 0 Å². The van der Waals surface area contributed by atoms with E-state index in [2.05, 4.69) is 5.32 Å². The molecule has 0 unspecified atom stereocenters. The Morgan fingerprint density at radius 1 is 1.11 bits per heavy atom. The largest absolute Gasteiger partial charge is 0.484 e. The fraction of sp³-hybridized carbons (Fsp3) is 0.333. The minimum atomic E-state index is -0.555. The van der Waals surface area contributed by atoms with Crippen molar-refractivity contribution in [1.29, 1.82) is 0 Å². The summed E-state index contributed by atoms with van der Waals surface area (Å²) in [6.45, 7) is 4.44. The summed E-state index contributed by atoms with van der Waals surface area (Å²) in [5.74, 6) is 0.102. The smallest absolute Gasteiger partial charge is 0.261 e.